The number of hydrogen-bond acceptors (Lipinski definition) is 2. The number of benzene rings is 2. The number of aromatic nitrogens is 2. The lowest BCUT2D eigenvalue weighted by molar-refractivity contribution is 0.102. The van der Waals surface area contributed by atoms with Crippen molar-refractivity contribution < 1.29 is 9.18 Å². The number of H-pyrrole nitrogens is 1. The molecule has 2 N–H and O–H groups in total. The van der Waals surface area contributed by atoms with E-state index in [1.54, 1.807) is 6.07 Å². The Labute approximate surface area is 137 Å². The Balaban J connectivity index is 1.81. The van der Waals surface area contributed by atoms with E-state index in [-0.39, 0.29) is 16.4 Å². The monoisotopic (exact) mass is 329 g/mol. The molecule has 1 amide bonds. The Morgan fingerprint density at radius 3 is 2.65 bits per heavy atom. The molecule has 1 aromatic heterocycles. The van der Waals surface area contributed by atoms with Gasteiger partial charge in [-0.3, -0.25) is 9.89 Å². The number of amides is 1. The highest BCUT2D eigenvalue weighted by Gasteiger charge is 2.13. The lowest BCUT2D eigenvalue weighted by Gasteiger charge is -2.05. The quantitative estimate of drug-likeness (QED) is 0.746. The fourth-order valence-corrected chi connectivity index (χ4v) is 2.26. The summed E-state index contributed by atoms with van der Waals surface area (Å²) in [6, 6.07) is 13.2. The molecule has 0 aliphatic rings. The third kappa shape index (κ3) is 3.40. The Bertz CT molecular complexity index is 859. The van der Waals surface area contributed by atoms with E-state index in [1.165, 1.54) is 12.1 Å². The zero-order valence-corrected chi connectivity index (χ0v) is 13.0. The van der Waals surface area contributed by atoms with Gasteiger partial charge in [0, 0.05) is 5.56 Å². The minimum atomic E-state index is -0.477. The largest absolute Gasteiger partial charge is 0.319 e. The van der Waals surface area contributed by atoms with E-state index in [9.17, 15) is 9.18 Å². The van der Waals surface area contributed by atoms with Crippen LogP contribution in [0.3, 0.4) is 0 Å². The van der Waals surface area contributed by atoms with Crippen molar-refractivity contribution in [1.29, 1.82) is 0 Å². The van der Waals surface area contributed by atoms with Crippen LogP contribution in [-0.2, 0) is 0 Å². The highest BCUT2D eigenvalue weighted by Crippen LogP contribution is 2.23. The van der Waals surface area contributed by atoms with Crippen LogP contribution in [0.25, 0.3) is 11.3 Å². The number of halogens is 2. The SMILES string of the molecule is Cc1ccc(-c2cc(C(=O)Nc3cc(F)ccc3Cl)[nH]n2)cc1. The molecule has 0 saturated carbocycles. The molecule has 0 bridgehead atoms. The first-order valence-electron chi connectivity index (χ1n) is 6.92. The van der Waals surface area contributed by atoms with Crippen LogP contribution < -0.4 is 5.32 Å². The molecule has 2 aromatic carbocycles. The van der Waals surface area contributed by atoms with Crippen molar-refractivity contribution in [2.75, 3.05) is 5.32 Å². The molecule has 0 aliphatic carbocycles. The van der Waals surface area contributed by atoms with Crippen molar-refractivity contribution in [3.63, 3.8) is 0 Å². The number of nitrogens with zero attached hydrogens (tertiary/aromatic N) is 1. The van der Waals surface area contributed by atoms with Crippen LogP contribution in [0.5, 0.6) is 0 Å². The van der Waals surface area contributed by atoms with Crippen LogP contribution in [0.4, 0.5) is 10.1 Å². The summed E-state index contributed by atoms with van der Waals surface area (Å²) in [6.45, 7) is 2.00. The number of aromatic amines is 1. The average Bonchev–Trinajstić information content (AvgIpc) is 3.02. The Morgan fingerprint density at radius 1 is 1.17 bits per heavy atom. The van der Waals surface area contributed by atoms with E-state index < -0.39 is 11.7 Å². The first-order chi connectivity index (χ1) is 11.0. The summed E-state index contributed by atoms with van der Waals surface area (Å²) in [5.41, 5.74) is 3.17. The van der Waals surface area contributed by atoms with Gasteiger partial charge in [0.15, 0.2) is 0 Å². The minimum Gasteiger partial charge on any atom is -0.319 e. The second-order valence-corrected chi connectivity index (χ2v) is 5.52. The van der Waals surface area contributed by atoms with E-state index in [2.05, 4.69) is 15.5 Å². The standard InChI is InChI=1S/C17H13ClFN3O/c1-10-2-4-11(5-3-10)14-9-16(22-21-14)17(23)20-15-8-12(19)6-7-13(15)18/h2-9H,1H3,(H,20,23)(H,21,22). The molecule has 0 spiro atoms. The topological polar surface area (TPSA) is 57.8 Å². The van der Waals surface area contributed by atoms with Crippen LogP contribution in [0, 0.1) is 12.7 Å². The van der Waals surface area contributed by atoms with Crippen LogP contribution >= 0.6 is 11.6 Å². The normalized spacial score (nSPS) is 10.6. The molecule has 0 aliphatic heterocycles. The summed E-state index contributed by atoms with van der Waals surface area (Å²) in [4.78, 5) is 12.2. The van der Waals surface area contributed by atoms with Gasteiger partial charge in [0.1, 0.15) is 11.5 Å². The highest BCUT2D eigenvalue weighted by molar-refractivity contribution is 6.33. The van der Waals surface area contributed by atoms with Gasteiger partial charge in [-0.1, -0.05) is 41.4 Å². The lowest BCUT2D eigenvalue weighted by atomic mass is 10.1. The average molecular weight is 330 g/mol. The van der Waals surface area contributed by atoms with E-state index in [1.807, 2.05) is 31.2 Å². The number of anilines is 1. The number of aryl methyl sites for hydroxylation is 1. The summed E-state index contributed by atoms with van der Waals surface area (Å²) in [6.07, 6.45) is 0. The Hall–Kier alpha value is -2.66. The first kappa shape index (κ1) is 15.2. The third-order valence-corrected chi connectivity index (χ3v) is 3.68. The number of nitrogens with one attached hydrogen (secondary N) is 2. The molecule has 3 rings (SSSR count). The number of rotatable bonds is 3. The van der Waals surface area contributed by atoms with E-state index in [0.717, 1.165) is 17.2 Å². The zero-order chi connectivity index (χ0) is 16.4. The van der Waals surface area contributed by atoms with Crippen LogP contribution in [0.2, 0.25) is 5.02 Å². The second kappa shape index (κ2) is 6.22. The molecule has 0 radical (unpaired) electrons. The summed E-state index contributed by atoms with van der Waals surface area (Å²) in [5, 5.41) is 9.62. The van der Waals surface area contributed by atoms with Gasteiger partial charge in [-0.2, -0.15) is 5.10 Å². The smallest absolute Gasteiger partial charge is 0.273 e. The third-order valence-electron chi connectivity index (χ3n) is 3.35. The van der Waals surface area contributed by atoms with Gasteiger partial charge in [-0.25, -0.2) is 4.39 Å². The number of carbonyl (C=O) groups excluding carboxylic acids is 1. The van der Waals surface area contributed by atoms with Gasteiger partial charge in [0.05, 0.1) is 16.4 Å². The summed E-state index contributed by atoms with van der Waals surface area (Å²) in [7, 11) is 0. The maximum Gasteiger partial charge on any atom is 0.273 e. The lowest BCUT2D eigenvalue weighted by Crippen LogP contribution is -2.12. The maximum atomic E-state index is 13.2. The van der Waals surface area contributed by atoms with Gasteiger partial charge in [-0.05, 0) is 31.2 Å². The summed E-state index contributed by atoms with van der Waals surface area (Å²) >= 11 is 5.94. The molecule has 0 atom stereocenters. The molecule has 4 nitrogen and oxygen atoms in total. The predicted octanol–water partition coefficient (Wildman–Crippen LogP) is 4.43. The fourth-order valence-electron chi connectivity index (χ4n) is 2.09. The van der Waals surface area contributed by atoms with Crippen LogP contribution in [0.1, 0.15) is 16.1 Å². The van der Waals surface area contributed by atoms with E-state index in [4.69, 9.17) is 11.6 Å². The van der Waals surface area contributed by atoms with E-state index >= 15 is 0 Å². The molecule has 0 saturated heterocycles. The predicted molar refractivity (Wildman–Crippen MR) is 88.1 cm³/mol. The fraction of sp³-hybridized carbons (Fsp3) is 0.0588. The molecular formula is C17H13ClFN3O. The van der Waals surface area contributed by atoms with Gasteiger partial charge >= 0.3 is 0 Å². The minimum absolute atomic E-state index is 0.211. The van der Waals surface area contributed by atoms with Gasteiger partial charge in [0.25, 0.3) is 5.91 Å². The summed E-state index contributed by atoms with van der Waals surface area (Å²) in [5.74, 6) is -0.919. The molecule has 3 aromatic rings. The van der Waals surface area contributed by atoms with Crippen molar-refractivity contribution in [3.8, 4) is 11.3 Å². The van der Waals surface area contributed by atoms with Gasteiger partial charge in [0.2, 0.25) is 0 Å². The number of hydrogen-bond donors (Lipinski definition) is 2. The molecule has 0 fully saturated rings. The number of carbonyl (C=O) groups is 1. The van der Waals surface area contributed by atoms with Crippen LogP contribution in [0.15, 0.2) is 48.5 Å². The first-order valence-corrected chi connectivity index (χ1v) is 7.29. The molecule has 116 valence electrons. The summed E-state index contributed by atoms with van der Waals surface area (Å²) < 4.78 is 13.2. The molecule has 6 heteroatoms. The van der Waals surface area contributed by atoms with Gasteiger partial charge < -0.3 is 5.32 Å². The van der Waals surface area contributed by atoms with Crippen LogP contribution in [-0.4, -0.2) is 16.1 Å². The van der Waals surface area contributed by atoms with Crippen molar-refractivity contribution in [3.05, 3.63) is 70.6 Å². The van der Waals surface area contributed by atoms with Crippen molar-refractivity contribution in [2.24, 2.45) is 0 Å². The zero-order valence-electron chi connectivity index (χ0n) is 12.2. The van der Waals surface area contributed by atoms with Crippen molar-refractivity contribution in [1.82, 2.24) is 10.2 Å². The highest BCUT2D eigenvalue weighted by atomic mass is 35.5. The maximum absolute atomic E-state index is 13.2. The second-order valence-electron chi connectivity index (χ2n) is 5.11. The molecule has 23 heavy (non-hydrogen) atoms. The molecular weight excluding hydrogens is 317 g/mol. The molecule has 1 heterocycles. The Morgan fingerprint density at radius 2 is 1.91 bits per heavy atom. The van der Waals surface area contributed by atoms with Crippen molar-refractivity contribution >= 4 is 23.2 Å². The Kier molecular flexibility index (Phi) is 4.12. The van der Waals surface area contributed by atoms with Crippen molar-refractivity contribution in [2.45, 2.75) is 6.92 Å². The molecule has 0 unspecified atom stereocenters. The van der Waals surface area contributed by atoms with Gasteiger partial charge in [-0.15, -0.1) is 0 Å². The van der Waals surface area contributed by atoms with E-state index in [0.29, 0.717) is 5.69 Å².